The molecule has 3 aliphatic rings. The number of carbonyl (C=O) groups is 2. The smallest absolute Gasteiger partial charge is 0.408 e. The van der Waals surface area contributed by atoms with Crippen molar-refractivity contribution < 1.29 is 19.1 Å². The number of ether oxygens (including phenoxy) is 2. The number of hydrogen-bond donors (Lipinski definition) is 2. The van der Waals surface area contributed by atoms with Gasteiger partial charge in [-0.1, -0.05) is 11.6 Å². The Morgan fingerprint density at radius 2 is 1.77 bits per heavy atom. The number of alkyl carbamates (subject to hydrolysis) is 1. The van der Waals surface area contributed by atoms with Gasteiger partial charge in [0.25, 0.3) is 5.91 Å². The molecule has 4 rings (SSSR count). The molecule has 3 aliphatic carbocycles. The Hall–Kier alpha value is -1.95. The van der Waals surface area contributed by atoms with E-state index in [9.17, 15) is 9.59 Å². The van der Waals surface area contributed by atoms with Crippen LogP contribution in [0.25, 0.3) is 0 Å². The minimum absolute atomic E-state index is 0.0288. The second-order valence-corrected chi connectivity index (χ2v) is 8.89. The monoisotopic (exact) mass is 380 g/mol. The van der Waals surface area contributed by atoms with E-state index in [1.54, 1.807) is 24.3 Å². The molecule has 1 aromatic rings. The molecular formula is C19H25ClN2O4. The van der Waals surface area contributed by atoms with Crippen LogP contribution in [0.5, 0.6) is 5.75 Å². The van der Waals surface area contributed by atoms with Gasteiger partial charge in [0.2, 0.25) is 0 Å². The summed E-state index contributed by atoms with van der Waals surface area (Å²) in [6, 6.07) is 6.88. The molecule has 6 nitrogen and oxygen atoms in total. The number of nitrogens with one attached hydrogen (secondary N) is 2. The maximum Gasteiger partial charge on any atom is 0.408 e. The van der Waals surface area contributed by atoms with Crippen molar-refractivity contribution >= 4 is 23.6 Å². The summed E-state index contributed by atoms with van der Waals surface area (Å²) in [6.07, 6.45) is 2.25. The van der Waals surface area contributed by atoms with Crippen molar-refractivity contribution in [2.75, 3.05) is 13.2 Å². The molecule has 0 spiro atoms. The van der Waals surface area contributed by atoms with Crippen LogP contribution in [-0.2, 0) is 9.53 Å². The molecule has 0 heterocycles. The largest absolute Gasteiger partial charge is 0.484 e. The maximum absolute atomic E-state index is 11.9. The topological polar surface area (TPSA) is 76.7 Å². The number of benzene rings is 1. The van der Waals surface area contributed by atoms with Gasteiger partial charge in [-0.3, -0.25) is 4.79 Å². The molecule has 0 radical (unpaired) electrons. The Morgan fingerprint density at radius 1 is 1.15 bits per heavy atom. The summed E-state index contributed by atoms with van der Waals surface area (Å²) in [6.45, 7) is 6.11. The van der Waals surface area contributed by atoms with Crippen LogP contribution in [0.15, 0.2) is 24.3 Å². The third-order valence-corrected chi connectivity index (χ3v) is 5.00. The first kappa shape index (κ1) is 18.8. The minimum Gasteiger partial charge on any atom is -0.484 e. The van der Waals surface area contributed by atoms with Gasteiger partial charge in [0, 0.05) is 17.1 Å². The van der Waals surface area contributed by atoms with Crippen molar-refractivity contribution in [3.63, 3.8) is 0 Å². The van der Waals surface area contributed by atoms with Crippen LogP contribution < -0.4 is 15.4 Å². The Bertz CT molecular complexity index is 677. The van der Waals surface area contributed by atoms with E-state index >= 15 is 0 Å². The number of amides is 2. The van der Waals surface area contributed by atoms with Crippen LogP contribution in [0.1, 0.15) is 40.0 Å². The second-order valence-electron chi connectivity index (χ2n) is 8.46. The first-order valence-corrected chi connectivity index (χ1v) is 9.13. The normalized spacial score (nSPS) is 26.2. The molecule has 0 aromatic heterocycles. The summed E-state index contributed by atoms with van der Waals surface area (Å²) in [4.78, 5) is 23.8. The molecule has 7 heteroatoms. The molecule has 2 N–H and O–H groups in total. The van der Waals surface area contributed by atoms with E-state index in [2.05, 4.69) is 10.6 Å². The zero-order chi connectivity index (χ0) is 19.0. The van der Waals surface area contributed by atoms with E-state index in [-0.39, 0.29) is 29.6 Å². The first-order valence-electron chi connectivity index (χ1n) is 8.75. The summed E-state index contributed by atoms with van der Waals surface area (Å²) >= 11 is 5.81. The molecule has 3 fully saturated rings. The molecule has 2 amide bonds. The summed E-state index contributed by atoms with van der Waals surface area (Å²) in [5, 5.41) is 6.51. The highest BCUT2D eigenvalue weighted by Crippen LogP contribution is 2.66. The zero-order valence-corrected chi connectivity index (χ0v) is 16.1. The van der Waals surface area contributed by atoms with Crippen molar-refractivity contribution in [1.82, 2.24) is 10.6 Å². The van der Waals surface area contributed by atoms with Gasteiger partial charge >= 0.3 is 6.09 Å². The molecular weight excluding hydrogens is 356 g/mol. The van der Waals surface area contributed by atoms with Gasteiger partial charge in [-0.25, -0.2) is 4.79 Å². The van der Waals surface area contributed by atoms with Crippen molar-refractivity contribution in [3.05, 3.63) is 29.3 Å². The minimum atomic E-state index is -0.497. The van der Waals surface area contributed by atoms with E-state index < -0.39 is 5.60 Å². The van der Waals surface area contributed by atoms with Crippen LogP contribution in [0.3, 0.4) is 0 Å². The third kappa shape index (κ3) is 4.41. The highest BCUT2D eigenvalue weighted by molar-refractivity contribution is 6.30. The molecule has 2 bridgehead atoms. The van der Waals surface area contributed by atoms with Crippen LogP contribution in [0.4, 0.5) is 4.79 Å². The molecule has 0 saturated heterocycles. The number of halogens is 1. The molecule has 0 aliphatic heterocycles. The maximum atomic E-state index is 11.9. The Morgan fingerprint density at radius 3 is 2.35 bits per heavy atom. The van der Waals surface area contributed by atoms with Crippen molar-refractivity contribution in [3.8, 4) is 5.75 Å². The summed E-state index contributed by atoms with van der Waals surface area (Å²) in [7, 11) is 0. The van der Waals surface area contributed by atoms with Crippen LogP contribution in [0, 0.1) is 5.41 Å². The molecule has 3 saturated carbocycles. The number of carbonyl (C=O) groups excluding carboxylic acids is 2. The van der Waals surface area contributed by atoms with E-state index in [4.69, 9.17) is 21.1 Å². The van der Waals surface area contributed by atoms with Crippen LogP contribution >= 0.6 is 11.6 Å². The van der Waals surface area contributed by atoms with Gasteiger partial charge in [-0.2, -0.15) is 0 Å². The Kier molecular flexibility index (Phi) is 4.82. The fourth-order valence-corrected chi connectivity index (χ4v) is 3.98. The van der Waals surface area contributed by atoms with Gasteiger partial charge in [-0.05, 0) is 69.7 Å². The van der Waals surface area contributed by atoms with E-state index in [1.165, 1.54) is 0 Å². The standard InChI is InChI=1S/C19H25ClN2O4/c1-17(2,3)26-16(24)22-19-9-18(10-19,11-19)12-21-15(23)8-25-14-6-4-13(20)5-7-14/h4-7H,8-12H2,1-3H3,(H,21,23)(H,22,24). The molecule has 26 heavy (non-hydrogen) atoms. The average molecular weight is 381 g/mol. The Balaban J connectivity index is 1.34. The summed E-state index contributed by atoms with van der Waals surface area (Å²) in [5.41, 5.74) is -0.540. The van der Waals surface area contributed by atoms with Gasteiger partial charge in [0.05, 0.1) is 0 Å². The number of hydrogen-bond acceptors (Lipinski definition) is 4. The number of rotatable bonds is 6. The molecule has 1 aromatic carbocycles. The predicted molar refractivity (Wildman–Crippen MR) is 98.3 cm³/mol. The third-order valence-electron chi connectivity index (χ3n) is 4.75. The predicted octanol–water partition coefficient (Wildman–Crippen LogP) is 3.28. The lowest BCUT2D eigenvalue weighted by Gasteiger charge is -2.70. The lowest BCUT2D eigenvalue weighted by atomic mass is 9.39. The molecule has 142 valence electrons. The van der Waals surface area contributed by atoms with Crippen LogP contribution in [0.2, 0.25) is 5.02 Å². The highest BCUT2D eigenvalue weighted by atomic mass is 35.5. The van der Waals surface area contributed by atoms with Gasteiger partial charge in [-0.15, -0.1) is 0 Å². The van der Waals surface area contributed by atoms with E-state index in [1.807, 2.05) is 20.8 Å². The lowest BCUT2D eigenvalue weighted by molar-refractivity contribution is -0.153. The van der Waals surface area contributed by atoms with Gasteiger partial charge < -0.3 is 20.1 Å². The second kappa shape index (κ2) is 6.65. The van der Waals surface area contributed by atoms with E-state index in [0.717, 1.165) is 19.3 Å². The fourth-order valence-electron chi connectivity index (χ4n) is 3.86. The quantitative estimate of drug-likeness (QED) is 0.794. The van der Waals surface area contributed by atoms with Crippen molar-refractivity contribution in [2.45, 2.75) is 51.2 Å². The fraction of sp³-hybridized carbons (Fsp3) is 0.579. The highest BCUT2D eigenvalue weighted by Gasteiger charge is 2.68. The first-order chi connectivity index (χ1) is 12.1. The van der Waals surface area contributed by atoms with E-state index in [0.29, 0.717) is 17.3 Å². The SMILES string of the molecule is CC(C)(C)OC(=O)NC12CC(CNC(=O)COc3ccc(Cl)cc3)(C1)C2. The van der Waals surface area contributed by atoms with Crippen molar-refractivity contribution in [2.24, 2.45) is 5.41 Å². The lowest BCUT2D eigenvalue weighted by Crippen LogP contribution is -2.77. The average Bonchev–Trinajstić information content (AvgIpc) is 2.46. The van der Waals surface area contributed by atoms with Crippen LogP contribution in [-0.4, -0.2) is 36.3 Å². The van der Waals surface area contributed by atoms with Crippen molar-refractivity contribution in [1.29, 1.82) is 0 Å². The summed E-state index contributed by atoms with van der Waals surface area (Å²) < 4.78 is 10.7. The zero-order valence-electron chi connectivity index (χ0n) is 15.4. The van der Waals surface area contributed by atoms with Gasteiger partial charge in [0.1, 0.15) is 11.4 Å². The molecule has 0 atom stereocenters. The Labute approximate surface area is 158 Å². The molecule has 0 unspecified atom stereocenters. The van der Waals surface area contributed by atoms with Gasteiger partial charge in [0.15, 0.2) is 6.61 Å². The summed E-state index contributed by atoms with van der Waals surface area (Å²) in [5.74, 6) is 0.453.